The van der Waals surface area contributed by atoms with Crippen molar-refractivity contribution in [2.45, 2.75) is 19.8 Å². The maximum absolute atomic E-state index is 4.07. The molecule has 0 aromatic heterocycles. The zero-order chi connectivity index (χ0) is 8.10. The average Bonchev–Trinajstić information content (AvgIpc) is 2.07. The van der Waals surface area contributed by atoms with Gasteiger partial charge in [-0.1, -0.05) is 37.6 Å². The summed E-state index contributed by atoms with van der Waals surface area (Å²) in [6.45, 7) is 2.19. The van der Waals surface area contributed by atoms with E-state index in [1.807, 2.05) is 7.05 Å². The summed E-state index contributed by atoms with van der Waals surface area (Å²) in [6.07, 6.45) is 2.38. The summed E-state index contributed by atoms with van der Waals surface area (Å²) in [6, 6.07) is 8.41. The standard InChI is InChI=1S/C10H14N.Na/c1-3-4-9-5-7-10(11-2)8-6-9;/h5-8H,3-4H2,1-2H3;/q-1;+1. The van der Waals surface area contributed by atoms with E-state index in [1.54, 1.807) is 0 Å². The number of aryl methyl sites for hydroxylation is 1. The van der Waals surface area contributed by atoms with Gasteiger partial charge >= 0.3 is 29.6 Å². The summed E-state index contributed by atoms with van der Waals surface area (Å²) in [5.41, 5.74) is 2.46. The molecule has 1 rings (SSSR count). The number of nitrogens with zero attached hydrogens (tertiary/aromatic N) is 1. The van der Waals surface area contributed by atoms with Crippen molar-refractivity contribution in [3.05, 3.63) is 35.1 Å². The normalized spacial score (nSPS) is 8.83. The number of rotatable bonds is 3. The zero-order valence-electron chi connectivity index (χ0n) is 8.17. The van der Waals surface area contributed by atoms with Crippen molar-refractivity contribution in [3.63, 3.8) is 0 Å². The second-order valence-corrected chi connectivity index (χ2v) is 2.64. The molecule has 0 fully saturated rings. The first-order chi connectivity index (χ1) is 5.36. The smallest absolute Gasteiger partial charge is 0.687 e. The molecule has 0 aliphatic rings. The van der Waals surface area contributed by atoms with Gasteiger partial charge in [0.05, 0.1) is 0 Å². The molecule has 0 atom stereocenters. The largest absolute Gasteiger partial charge is 1.00 e. The van der Waals surface area contributed by atoms with Gasteiger partial charge in [-0.25, -0.2) is 0 Å². The van der Waals surface area contributed by atoms with Crippen LogP contribution in [-0.4, -0.2) is 7.05 Å². The second-order valence-electron chi connectivity index (χ2n) is 2.64. The quantitative estimate of drug-likeness (QED) is 0.580. The van der Waals surface area contributed by atoms with Crippen LogP contribution in [0.25, 0.3) is 5.32 Å². The monoisotopic (exact) mass is 171 g/mol. The molecule has 1 aromatic rings. The van der Waals surface area contributed by atoms with Gasteiger partial charge in [0.15, 0.2) is 0 Å². The molecule has 0 aliphatic carbocycles. The van der Waals surface area contributed by atoms with E-state index in [9.17, 15) is 0 Å². The molecule has 0 bridgehead atoms. The summed E-state index contributed by atoms with van der Waals surface area (Å²) in [4.78, 5) is 0. The first-order valence-electron chi connectivity index (χ1n) is 4.05. The van der Waals surface area contributed by atoms with E-state index in [4.69, 9.17) is 0 Å². The Hall–Kier alpha value is 0.0200. The molecule has 2 heteroatoms. The Morgan fingerprint density at radius 2 is 1.75 bits per heavy atom. The summed E-state index contributed by atoms with van der Waals surface area (Å²) < 4.78 is 0. The molecule has 0 saturated heterocycles. The van der Waals surface area contributed by atoms with E-state index in [-0.39, 0.29) is 29.6 Å². The Morgan fingerprint density at radius 3 is 2.17 bits per heavy atom. The molecule has 60 valence electrons. The maximum Gasteiger partial charge on any atom is 1.00 e. The summed E-state index contributed by atoms with van der Waals surface area (Å²) in [7, 11) is 1.81. The van der Waals surface area contributed by atoms with Crippen molar-refractivity contribution in [1.29, 1.82) is 0 Å². The van der Waals surface area contributed by atoms with Gasteiger partial charge in [-0.15, -0.1) is 12.7 Å². The van der Waals surface area contributed by atoms with Crippen LogP contribution in [0.3, 0.4) is 0 Å². The van der Waals surface area contributed by atoms with Crippen molar-refractivity contribution in [2.24, 2.45) is 0 Å². The fourth-order valence-corrected chi connectivity index (χ4v) is 1.10. The SMILES string of the molecule is CCCc1ccc([N-]C)cc1.[Na+]. The molecule has 0 spiro atoms. The number of benzene rings is 1. The molecule has 1 nitrogen and oxygen atoms in total. The third-order valence-electron chi connectivity index (χ3n) is 1.73. The molecular weight excluding hydrogens is 157 g/mol. The summed E-state index contributed by atoms with van der Waals surface area (Å²) in [5.74, 6) is 0. The van der Waals surface area contributed by atoms with Crippen molar-refractivity contribution < 1.29 is 29.6 Å². The third-order valence-corrected chi connectivity index (χ3v) is 1.73. The second kappa shape index (κ2) is 6.53. The summed E-state index contributed by atoms with van der Waals surface area (Å²) in [5, 5.41) is 4.07. The van der Waals surface area contributed by atoms with Gasteiger partial charge in [0.1, 0.15) is 0 Å². The predicted octanol–water partition coefficient (Wildman–Crippen LogP) is 0.278. The van der Waals surface area contributed by atoms with Gasteiger partial charge in [-0.05, 0) is 12.0 Å². The topological polar surface area (TPSA) is 14.1 Å². The molecule has 0 amide bonds. The average molecular weight is 171 g/mol. The number of hydrogen-bond acceptors (Lipinski definition) is 0. The molecule has 0 aliphatic heterocycles. The maximum atomic E-state index is 4.07. The number of hydrogen-bond donors (Lipinski definition) is 0. The van der Waals surface area contributed by atoms with E-state index < -0.39 is 0 Å². The van der Waals surface area contributed by atoms with Crippen LogP contribution in [0.1, 0.15) is 18.9 Å². The van der Waals surface area contributed by atoms with Crippen molar-refractivity contribution >= 4 is 5.69 Å². The van der Waals surface area contributed by atoms with E-state index in [0.717, 1.165) is 5.69 Å². The van der Waals surface area contributed by atoms with Gasteiger partial charge in [0.2, 0.25) is 0 Å². The van der Waals surface area contributed by atoms with Gasteiger partial charge in [0, 0.05) is 0 Å². The molecule has 0 N–H and O–H groups in total. The van der Waals surface area contributed by atoms with Crippen LogP contribution in [-0.2, 0) is 6.42 Å². The van der Waals surface area contributed by atoms with Gasteiger partial charge in [-0.3, -0.25) is 0 Å². The first-order valence-corrected chi connectivity index (χ1v) is 4.05. The van der Waals surface area contributed by atoms with Crippen molar-refractivity contribution in [2.75, 3.05) is 7.05 Å². The van der Waals surface area contributed by atoms with Gasteiger partial charge in [-0.2, -0.15) is 0 Å². The third kappa shape index (κ3) is 3.61. The Bertz CT molecular complexity index is 206. The van der Waals surface area contributed by atoms with Crippen LogP contribution in [0, 0.1) is 0 Å². The van der Waals surface area contributed by atoms with Crippen LogP contribution in [0.4, 0.5) is 5.69 Å². The van der Waals surface area contributed by atoms with Crippen LogP contribution in [0.15, 0.2) is 24.3 Å². The fraction of sp³-hybridized carbons (Fsp3) is 0.400. The molecule has 0 radical (unpaired) electrons. The molecular formula is C10H14NNa. The minimum absolute atomic E-state index is 0. The predicted molar refractivity (Wildman–Crippen MR) is 49.4 cm³/mol. The van der Waals surface area contributed by atoms with E-state index in [0.29, 0.717) is 0 Å². The molecule has 0 saturated carbocycles. The van der Waals surface area contributed by atoms with Crippen molar-refractivity contribution in [1.82, 2.24) is 0 Å². The molecule has 0 unspecified atom stereocenters. The molecule has 1 aromatic carbocycles. The molecule has 12 heavy (non-hydrogen) atoms. The van der Waals surface area contributed by atoms with Crippen LogP contribution < -0.4 is 29.6 Å². The van der Waals surface area contributed by atoms with Crippen LogP contribution >= 0.6 is 0 Å². The first kappa shape index (κ1) is 12.0. The van der Waals surface area contributed by atoms with Crippen molar-refractivity contribution in [3.8, 4) is 0 Å². The van der Waals surface area contributed by atoms with E-state index in [2.05, 4.69) is 36.5 Å². The van der Waals surface area contributed by atoms with Crippen LogP contribution in [0.5, 0.6) is 0 Å². The minimum atomic E-state index is 0. The van der Waals surface area contributed by atoms with E-state index >= 15 is 0 Å². The summed E-state index contributed by atoms with van der Waals surface area (Å²) >= 11 is 0. The minimum Gasteiger partial charge on any atom is -0.687 e. The van der Waals surface area contributed by atoms with Crippen LogP contribution in [0.2, 0.25) is 0 Å². The Morgan fingerprint density at radius 1 is 1.17 bits per heavy atom. The molecule has 0 heterocycles. The van der Waals surface area contributed by atoms with Gasteiger partial charge in [0.25, 0.3) is 0 Å². The fourth-order valence-electron chi connectivity index (χ4n) is 1.10. The zero-order valence-corrected chi connectivity index (χ0v) is 10.2. The Balaban J connectivity index is 0.00000121. The van der Waals surface area contributed by atoms with E-state index in [1.165, 1.54) is 18.4 Å². The van der Waals surface area contributed by atoms with Gasteiger partial charge < -0.3 is 5.32 Å². The Kier molecular flexibility index (Phi) is 6.54. The Labute approximate surface area is 96.9 Å².